The third-order valence-corrected chi connectivity index (χ3v) is 4.94. The molecule has 0 spiro atoms. The van der Waals surface area contributed by atoms with Crippen LogP contribution < -0.4 is 5.73 Å². The van der Waals surface area contributed by atoms with Crippen LogP contribution in [0.3, 0.4) is 0 Å². The Morgan fingerprint density at radius 1 is 1.35 bits per heavy atom. The zero-order valence-electron chi connectivity index (χ0n) is 11.9. The largest absolute Gasteiger partial charge is 0.329 e. The molecule has 1 saturated heterocycles. The van der Waals surface area contributed by atoms with Crippen LogP contribution in [-0.4, -0.2) is 30.6 Å². The van der Waals surface area contributed by atoms with Gasteiger partial charge in [0.15, 0.2) is 0 Å². The van der Waals surface area contributed by atoms with Gasteiger partial charge in [-0.15, -0.1) is 0 Å². The van der Waals surface area contributed by atoms with Gasteiger partial charge < -0.3 is 5.73 Å². The molecule has 17 heavy (non-hydrogen) atoms. The van der Waals surface area contributed by atoms with Gasteiger partial charge in [0.2, 0.25) is 0 Å². The Morgan fingerprint density at radius 3 is 2.65 bits per heavy atom. The van der Waals surface area contributed by atoms with Gasteiger partial charge >= 0.3 is 0 Å². The fourth-order valence-electron chi connectivity index (χ4n) is 3.91. The van der Waals surface area contributed by atoms with Crippen molar-refractivity contribution < 1.29 is 0 Å². The van der Waals surface area contributed by atoms with Crippen molar-refractivity contribution >= 4 is 0 Å². The first kappa shape index (κ1) is 13.4. The van der Waals surface area contributed by atoms with Crippen molar-refractivity contribution in [2.45, 2.75) is 58.9 Å². The smallest absolute Gasteiger partial charge is 0.0246 e. The van der Waals surface area contributed by atoms with Gasteiger partial charge in [-0.2, -0.15) is 0 Å². The summed E-state index contributed by atoms with van der Waals surface area (Å²) >= 11 is 0. The first-order chi connectivity index (χ1) is 8.02. The Kier molecular flexibility index (Phi) is 4.14. The van der Waals surface area contributed by atoms with E-state index in [1.807, 2.05) is 0 Å². The third-order valence-electron chi connectivity index (χ3n) is 4.94. The highest BCUT2D eigenvalue weighted by molar-refractivity contribution is 4.91. The first-order valence-corrected chi connectivity index (χ1v) is 7.46. The van der Waals surface area contributed by atoms with E-state index in [0.717, 1.165) is 18.4 Å². The second kappa shape index (κ2) is 5.27. The summed E-state index contributed by atoms with van der Waals surface area (Å²) in [6, 6.07) is 0.652. The Labute approximate surface area is 107 Å². The molecular weight excluding hydrogens is 208 g/mol. The normalized spacial score (nSPS) is 36.0. The van der Waals surface area contributed by atoms with Crippen LogP contribution in [0.1, 0.15) is 52.9 Å². The van der Waals surface area contributed by atoms with Gasteiger partial charge in [0.05, 0.1) is 0 Å². The van der Waals surface area contributed by atoms with Crippen molar-refractivity contribution in [2.24, 2.45) is 23.0 Å². The predicted octanol–water partition coefficient (Wildman–Crippen LogP) is 2.87. The van der Waals surface area contributed by atoms with Crippen LogP contribution in [-0.2, 0) is 0 Å². The number of nitrogens with two attached hydrogens (primary N) is 1. The monoisotopic (exact) mass is 238 g/mol. The molecule has 2 heteroatoms. The van der Waals surface area contributed by atoms with Crippen LogP contribution >= 0.6 is 0 Å². The van der Waals surface area contributed by atoms with E-state index in [4.69, 9.17) is 5.73 Å². The molecule has 100 valence electrons. The summed E-state index contributed by atoms with van der Waals surface area (Å²) in [5.41, 5.74) is 6.58. The van der Waals surface area contributed by atoms with Crippen molar-refractivity contribution in [3.05, 3.63) is 0 Å². The van der Waals surface area contributed by atoms with Crippen molar-refractivity contribution in [1.29, 1.82) is 0 Å². The topological polar surface area (TPSA) is 29.3 Å². The second-order valence-electron chi connectivity index (χ2n) is 7.22. The zero-order chi connectivity index (χ0) is 12.5. The summed E-state index contributed by atoms with van der Waals surface area (Å²) in [4.78, 5) is 2.68. The van der Waals surface area contributed by atoms with Crippen LogP contribution in [0.4, 0.5) is 0 Å². The summed E-state index contributed by atoms with van der Waals surface area (Å²) in [7, 11) is 0. The average molecular weight is 238 g/mol. The lowest BCUT2D eigenvalue weighted by Crippen LogP contribution is -2.46. The maximum absolute atomic E-state index is 6.08. The molecule has 0 amide bonds. The van der Waals surface area contributed by atoms with Gasteiger partial charge in [0, 0.05) is 19.1 Å². The maximum Gasteiger partial charge on any atom is 0.0246 e. The van der Waals surface area contributed by atoms with Crippen LogP contribution in [0.5, 0.6) is 0 Å². The van der Waals surface area contributed by atoms with E-state index < -0.39 is 0 Å². The van der Waals surface area contributed by atoms with Gasteiger partial charge in [0.25, 0.3) is 0 Å². The molecule has 1 aliphatic carbocycles. The molecule has 0 aromatic carbocycles. The highest BCUT2D eigenvalue weighted by Crippen LogP contribution is 2.36. The van der Waals surface area contributed by atoms with E-state index in [0.29, 0.717) is 11.5 Å². The van der Waals surface area contributed by atoms with Crippen molar-refractivity contribution in [2.75, 3.05) is 19.6 Å². The Morgan fingerprint density at radius 2 is 2.12 bits per heavy atom. The molecule has 0 bridgehead atoms. The highest BCUT2D eigenvalue weighted by atomic mass is 15.2. The minimum Gasteiger partial charge on any atom is -0.329 e. The molecule has 0 radical (unpaired) electrons. The SMILES string of the molecule is CC1CCCC(C(CN)N2CCC(C)(C)C2)C1. The fourth-order valence-corrected chi connectivity index (χ4v) is 3.91. The number of hydrogen-bond acceptors (Lipinski definition) is 2. The first-order valence-electron chi connectivity index (χ1n) is 7.46. The molecule has 2 rings (SSSR count). The molecule has 2 N–H and O–H groups in total. The minimum atomic E-state index is 0.508. The summed E-state index contributed by atoms with van der Waals surface area (Å²) < 4.78 is 0. The van der Waals surface area contributed by atoms with E-state index in [-0.39, 0.29) is 0 Å². The summed E-state index contributed by atoms with van der Waals surface area (Å²) in [5, 5.41) is 0. The van der Waals surface area contributed by atoms with Gasteiger partial charge in [-0.1, -0.05) is 33.6 Å². The second-order valence-corrected chi connectivity index (χ2v) is 7.22. The Bertz CT molecular complexity index is 247. The zero-order valence-corrected chi connectivity index (χ0v) is 11.9. The van der Waals surface area contributed by atoms with E-state index in [9.17, 15) is 0 Å². The van der Waals surface area contributed by atoms with E-state index in [1.165, 1.54) is 45.2 Å². The quantitative estimate of drug-likeness (QED) is 0.819. The standard InChI is InChI=1S/C15H30N2/c1-12-5-4-6-13(9-12)14(10-16)17-8-7-15(2,3)11-17/h12-14H,4-11,16H2,1-3H3. The molecule has 1 aliphatic heterocycles. The van der Waals surface area contributed by atoms with Gasteiger partial charge in [-0.3, -0.25) is 4.90 Å². The van der Waals surface area contributed by atoms with E-state index >= 15 is 0 Å². The van der Waals surface area contributed by atoms with Crippen molar-refractivity contribution in [1.82, 2.24) is 4.90 Å². The van der Waals surface area contributed by atoms with Crippen LogP contribution in [0, 0.1) is 17.3 Å². The van der Waals surface area contributed by atoms with E-state index in [2.05, 4.69) is 25.7 Å². The summed E-state index contributed by atoms with van der Waals surface area (Å²) in [5.74, 6) is 1.77. The number of nitrogens with zero attached hydrogens (tertiary/aromatic N) is 1. The number of rotatable bonds is 3. The molecule has 0 aromatic heterocycles. The lowest BCUT2D eigenvalue weighted by molar-refractivity contribution is 0.120. The van der Waals surface area contributed by atoms with Gasteiger partial charge in [-0.25, -0.2) is 0 Å². The Balaban J connectivity index is 1.96. The summed E-state index contributed by atoms with van der Waals surface area (Å²) in [6.45, 7) is 10.6. The highest BCUT2D eigenvalue weighted by Gasteiger charge is 2.36. The maximum atomic E-state index is 6.08. The number of hydrogen-bond donors (Lipinski definition) is 1. The van der Waals surface area contributed by atoms with Gasteiger partial charge in [-0.05, 0) is 43.1 Å². The molecule has 3 unspecified atom stereocenters. The summed E-state index contributed by atoms with van der Waals surface area (Å²) in [6.07, 6.45) is 6.99. The lowest BCUT2D eigenvalue weighted by atomic mass is 9.78. The Hall–Kier alpha value is -0.0800. The fraction of sp³-hybridized carbons (Fsp3) is 1.00. The molecule has 1 heterocycles. The molecule has 1 saturated carbocycles. The molecule has 2 nitrogen and oxygen atoms in total. The van der Waals surface area contributed by atoms with Crippen LogP contribution in [0.15, 0.2) is 0 Å². The van der Waals surface area contributed by atoms with Crippen LogP contribution in [0.25, 0.3) is 0 Å². The molecule has 2 aliphatic rings. The van der Waals surface area contributed by atoms with Crippen molar-refractivity contribution in [3.8, 4) is 0 Å². The predicted molar refractivity (Wildman–Crippen MR) is 73.9 cm³/mol. The van der Waals surface area contributed by atoms with Gasteiger partial charge in [0.1, 0.15) is 0 Å². The molecule has 3 atom stereocenters. The average Bonchev–Trinajstić information content (AvgIpc) is 2.60. The van der Waals surface area contributed by atoms with E-state index in [1.54, 1.807) is 0 Å². The van der Waals surface area contributed by atoms with Crippen LogP contribution in [0.2, 0.25) is 0 Å². The third kappa shape index (κ3) is 3.23. The minimum absolute atomic E-state index is 0.508. The number of likely N-dealkylation sites (tertiary alicyclic amines) is 1. The molecular formula is C15H30N2. The lowest BCUT2D eigenvalue weighted by Gasteiger charge is -2.38. The van der Waals surface area contributed by atoms with Crippen molar-refractivity contribution in [3.63, 3.8) is 0 Å². The molecule has 0 aromatic rings. The molecule has 2 fully saturated rings.